The van der Waals surface area contributed by atoms with Gasteiger partial charge in [0.1, 0.15) is 12.1 Å². The lowest BCUT2D eigenvalue weighted by Gasteiger charge is -2.29. The second-order valence-corrected chi connectivity index (χ2v) is 9.56. The van der Waals surface area contributed by atoms with Crippen molar-refractivity contribution in [3.05, 3.63) is 87.3 Å². The number of hydrogen-bond donors (Lipinski definition) is 2. The minimum atomic E-state index is -0.0773. The maximum absolute atomic E-state index is 12.7. The first-order chi connectivity index (χ1) is 16.1. The van der Waals surface area contributed by atoms with Gasteiger partial charge in [0, 0.05) is 53.2 Å². The lowest BCUT2D eigenvalue weighted by atomic mass is 10.1. The van der Waals surface area contributed by atoms with Gasteiger partial charge in [0.25, 0.3) is 0 Å². The number of benzene rings is 2. The molecule has 1 aromatic heterocycles. The molecule has 0 spiro atoms. The molecule has 1 aliphatic rings. The van der Waals surface area contributed by atoms with Crippen LogP contribution in [0.2, 0.25) is 10.0 Å². The first-order valence-corrected chi connectivity index (χ1v) is 12.7. The van der Waals surface area contributed by atoms with Crippen molar-refractivity contribution in [2.24, 2.45) is 0 Å². The third-order valence-electron chi connectivity index (χ3n) is 5.42. The monoisotopic (exact) mass is 501 g/mol. The fourth-order valence-corrected chi connectivity index (χ4v) is 5.23. The Bertz CT molecular complexity index is 1080. The Balaban J connectivity index is 1.29. The number of rotatable bonds is 8. The number of hydrogen-bond acceptors (Lipinski definition) is 5. The third kappa shape index (κ3) is 6.31. The Hall–Kier alpha value is -2.48. The van der Waals surface area contributed by atoms with Gasteiger partial charge in [-0.3, -0.25) is 0 Å². The SMILES string of the molecule is O=C(NCc1ccccc1)N1CCc2ncnc(NCCSCc3c(Cl)cccc3Cl)c2C1. The highest BCUT2D eigenvalue weighted by molar-refractivity contribution is 7.98. The highest BCUT2D eigenvalue weighted by Crippen LogP contribution is 2.28. The molecule has 0 saturated carbocycles. The van der Waals surface area contributed by atoms with Gasteiger partial charge in [-0.25, -0.2) is 14.8 Å². The van der Waals surface area contributed by atoms with Crippen LogP contribution in [0.25, 0.3) is 0 Å². The summed E-state index contributed by atoms with van der Waals surface area (Å²) in [5.74, 6) is 2.40. The van der Waals surface area contributed by atoms with E-state index >= 15 is 0 Å². The number of halogens is 2. The van der Waals surface area contributed by atoms with E-state index in [0.29, 0.717) is 36.1 Å². The van der Waals surface area contributed by atoms with E-state index in [0.717, 1.165) is 46.3 Å². The quantitative estimate of drug-likeness (QED) is 0.404. The van der Waals surface area contributed by atoms with Crippen molar-refractivity contribution in [1.29, 1.82) is 0 Å². The van der Waals surface area contributed by atoms with Gasteiger partial charge in [-0.2, -0.15) is 11.8 Å². The molecular weight excluding hydrogens is 477 g/mol. The van der Waals surface area contributed by atoms with Crippen LogP contribution < -0.4 is 10.6 Å². The van der Waals surface area contributed by atoms with Gasteiger partial charge in [-0.05, 0) is 23.3 Å². The molecule has 6 nitrogen and oxygen atoms in total. The average molecular weight is 502 g/mol. The largest absolute Gasteiger partial charge is 0.369 e. The summed E-state index contributed by atoms with van der Waals surface area (Å²) in [6, 6.07) is 15.4. The van der Waals surface area contributed by atoms with Crippen molar-refractivity contribution < 1.29 is 4.79 Å². The first-order valence-electron chi connectivity index (χ1n) is 10.8. The number of carbonyl (C=O) groups excluding carboxylic acids is 1. The summed E-state index contributed by atoms with van der Waals surface area (Å²) in [5.41, 5.74) is 4.01. The number of fused-ring (bicyclic) bond motifs is 1. The zero-order chi connectivity index (χ0) is 23.0. The van der Waals surface area contributed by atoms with Crippen LogP contribution >= 0.6 is 35.0 Å². The van der Waals surface area contributed by atoms with Crippen LogP contribution in [0, 0.1) is 0 Å². The summed E-state index contributed by atoms with van der Waals surface area (Å²) in [4.78, 5) is 23.4. The molecule has 2 N–H and O–H groups in total. The number of carbonyl (C=O) groups is 1. The van der Waals surface area contributed by atoms with E-state index in [2.05, 4.69) is 20.6 Å². The summed E-state index contributed by atoms with van der Waals surface area (Å²) >= 11 is 14.2. The number of amides is 2. The number of nitrogens with one attached hydrogen (secondary N) is 2. The maximum atomic E-state index is 12.7. The predicted octanol–water partition coefficient (Wildman–Crippen LogP) is 5.40. The van der Waals surface area contributed by atoms with Crippen molar-refractivity contribution in [3.8, 4) is 0 Å². The number of aromatic nitrogens is 2. The van der Waals surface area contributed by atoms with Gasteiger partial charge in [0.05, 0.1) is 12.2 Å². The molecule has 3 aromatic rings. The minimum absolute atomic E-state index is 0.0773. The molecule has 0 atom stereocenters. The summed E-state index contributed by atoms with van der Waals surface area (Å²) in [6.07, 6.45) is 2.30. The van der Waals surface area contributed by atoms with Crippen LogP contribution in [0.5, 0.6) is 0 Å². The van der Waals surface area contributed by atoms with E-state index in [-0.39, 0.29) is 6.03 Å². The van der Waals surface area contributed by atoms with Crippen LogP contribution in [0.3, 0.4) is 0 Å². The number of nitrogens with zero attached hydrogens (tertiary/aromatic N) is 3. The van der Waals surface area contributed by atoms with Gasteiger partial charge >= 0.3 is 6.03 Å². The van der Waals surface area contributed by atoms with Crippen LogP contribution in [0.1, 0.15) is 22.4 Å². The Labute approximate surface area is 208 Å². The summed E-state index contributed by atoms with van der Waals surface area (Å²) in [5, 5.41) is 7.80. The second-order valence-electron chi connectivity index (χ2n) is 7.64. The Kier molecular flexibility index (Phi) is 8.31. The lowest BCUT2D eigenvalue weighted by Crippen LogP contribution is -2.43. The highest BCUT2D eigenvalue weighted by Gasteiger charge is 2.24. The van der Waals surface area contributed by atoms with E-state index < -0.39 is 0 Å². The van der Waals surface area contributed by atoms with E-state index in [1.54, 1.807) is 18.1 Å². The molecule has 33 heavy (non-hydrogen) atoms. The molecule has 0 radical (unpaired) electrons. The van der Waals surface area contributed by atoms with Crippen LogP contribution in [-0.2, 0) is 25.3 Å². The van der Waals surface area contributed by atoms with E-state index in [1.165, 1.54) is 0 Å². The van der Waals surface area contributed by atoms with Crippen molar-refractivity contribution in [2.75, 3.05) is 24.2 Å². The molecule has 172 valence electrons. The van der Waals surface area contributed by atoms with Crippen molar-refractivity contribution >= 4 is 46.8 Å². The molecule has 2 heterocycles. The first kappa shape index (κ1) is 23.7. The van der Waals surface area contributed by atoms with Crippen LogP contribution in [0.4, 0.5) is 10.6 Å². The van der Waals surface area contributed by atoms with Crippen molar-refractivity contribution in [1.82, 2.24) is 20.2 Å². The molecule has 0 saturated heterocycles. The summed E-state index contributed by atoms with van der Waals surface area (Å²) in [7, 11) is 0. The molecule has 1 aliphatic heterocycles. The van der Waals surface area contributed by atoms with E-state index in [9.17, 15) is 4.79 Å². The van der Waals surface area contributed by atoms with Gasteiger partial charge in [-0.15, -0.1) is 0 Å². The molecule has 2 amide bonds. The Morgan fingerprint density at radius 2 is 1.85 bits per heavy atom. The second kappa shape index (κ2) is 11.6. The third-order valence-corrected chi connectivity index (χ3v) is 7.12. The zero-order valence-corrected chi connectivity index (χ0v) is 20.4. The molecule has 0 fully saturated rings. The zero-order valence-electron chi connectivity index (χ0n) is 18.1. The van der Waals surface area contributed by atoms with Crippen molar-refractivity contribution in [2.45, 2.75) is 25.3 Å². The molecule has 2 aromatic carbocycles. The molecule has 4 rings (SSSR count). The van der Waals surface area contributed by atoms with E-state index in [4.69, 9.17) is 23.2 Å². The minimum Gasteiger partial charge on any atom is -0.369 e. The molecule has 0 bridgehead atoms. The highest BCUT2D eigenvalue weighted by atomic mass is 35.5. The summed E-state index contributed by atoms with van der Waals surface area (Å²) < 4.78 is 0. The van der Waals surface area contributed by atoms with Gasteiger partial charge < -0.3 is 15.5 Å². The summed E-state index contributed by atoms with van der Waals surface area (Å²) in [6.45, 7) is 2.36. The average Bonchev–Trinajstić information content (AvgIpc) is 2.84. The van der Waals surface area contributed by atoms with Crippen LogP contribution in [0.15, 0.2) is 54.9 Å². The van der Waals surface area contributed by atoms with Crippen LogP contribution in [-0.4, -0.2) is 39.7 Å². The number of anilines is 1. The smallest absolute Gasteiger partial charge is 0.317 e. The van der Waals surface area contributed by atoms with Crippen molar-refractivity contribution in [3.63, 3.8) is 0 Å². The van der Waals surface area contributed by atoms with Gasteiger partial charge in [0.2, 0.25) is 0 Å². The normalized spacial score (nSPS) is 12.8. The maximum Gasteiger partial charge on any atom is 0.317 e. The Morgan fingerprint density at radius 3 is 2.64 bits per heavy atom. The topological polar surface area (TPSA) is 70.2 Å². The number of thioether (sulfide) groups is 1. The molecule has 9 heteroatoms. The molecule has 0 aliphatic carbocycles. The predicted molar refractivity (Wildman–Crippen MR) is 136 cm³/mol. The van der Waals surface area contributed by atoms with Gasteiger partial charge in [0.15, 0.2) is 0 Å². The number of urea groups is 1. The molecule has 0 unspecified atom stereocenters. The molecular formula is C24H25Cl2N5OS. The van der Waals surface area contributed by atoms with Gasteiger partial charge in [-0.1, -0.05) is 59.6 Å². The van der Waals surface area contributed by atoms with E-state index in [1.807, 2.05) is 53.4 Å². The fraction of sp³-hybridized carbons (Fsp3) is 0.292. The standard InChI is InChI=1S/C24H25Cl2N5OS/c25-20-7-4-8-21(26)19(20)15-33-12-10-27-23-18-14-31(11-9-22(18)29-16-30-23)24(32)28-13-17-5-2-1-3-6-17/h1-8,16H,9-15H2,(H,28,32)(H,27,29,30). The Morgan fingerprint density at radius 1 is 1.06 bits per heavy atom. The fourth-order valence-electron chi connectivity index (χ4n) is 3.64. The lowest BCUT2D eigenvalue weighted by molar-refractivity contribution is 0.191.